The van der Waals surface area contributed by atoms with Crippen molar-refractivity contribution in [2.75, 3.05) is 12.8 Å². The summed E-state index contributed by atoms with van der Waals surface area (Å²) in [4.78, 5) is 11.0. The Morgan fingerprint density at radius 1 is 1.62 bits per heavy atom. The van der Waals surface area contributed by atoms with Gasteiger partial charge in [-0.2, -0.15) is 0 Å². The number of aromatic hydroxyl groups is 1. The van der Waals surface area contributed by atoms with Crippen molar-refractivity contribution in [3.05, 3.63) is 22.7 Å². The molecule has 4 nitrogen and oxygen atoms in total. The first kappa shape index (κ1) is 9.67. The molecule has 70 valence electrons. The fourth-order valence-corrected chi connectivity index (χ4v) is 1.11. The van der Waals surface area contributed by atoms with Crippen molar-refractivity contribution in [1.82, 2.24) is 0 Å². The molecule has 0 bridgehead atoms. The number of hydrogen-bond donors (Lipinski definition) is 2. The van der Waals surface area contributed by atoms with Crippen LogP contribution in [0.3, 0.4) is 0 Å². The summed E-state index contributed by atoms with van der Waals surface area (Å²) >= 11 is 5.58. The number of phenolic OH excluding ortho intramolecular Hbond substituents is 1. The number of rotatable bonds is 1. The third kappa shape index (κ3) is 1.84. The third-order valence-corrected chi connectivity index (χ3v) is 1.78. The predicted molar refractivity (Wildman–Crippen MR) is 48.9 cm³/mol. The number of nitrogens with two attached hydrogens (primary N) is 1. The highest BCUT2D eigenvalue weighted by Crippen LogP contribution is 2.30. The van der Waals surface area contributed by atoms with Crippen LogP contribution in [-0.4, -0.2) is 18.2 Å². The Balaban J connectivity index is 3.28. The van der Waals surface area contributed by atoms with Crippen molar-refractivity contribution in [3.8, 4) is 5.75 Å². The number of halogens is 1. The van der Waals surface area contributed by atoms with E-state index in [1.54, 1.807) is 0 Å². The second kappa shape index (κ2) is 3.53. The van der Waals surface area contributed by atoms with Crippen molar-refractivity contribution in [2.45, 2.75) is 0 Å². The molecule has 0 atom stereocenters. The quantitative estimate of drug-likeness (QED) is 0.409. The zero-order valence-corrected chi connectivity index (χ0v) is 7.63. The van der Waals surface area contributed by atoms with E-state index >= 15 is 0 Å². The molecule has 5 heteroatoms. The number of phenols is 1. The molecular formula is C8H8ClNO3. The number of anilines is 1. The lowest BCUT2D eigenvalue weighted by molar-refractivity contribution is 0.0597. The maximum atomic E-state index is 11.0. The Labute approximate surface area is 79.9 Å². The van der Waals surface area contributed by atoms with Crippen LogP contribution in [0, 0.1) is 0 Å². The number of methoxy groups -OCH3 is 1. The molecule has 0 amide bonds. The van der Waals surface area contributed by atoms with E-state index in [1.807, 2.05) is 0 Å². The second-order valence-electron chi connectivity index (χ2n) is 2.39. The van der Waals surface area contributed by atoms with E-state index in [4.69, 9.17) is 17.3 Å². The highest BCUT2D eigenvalue weighted by Gasteiger charge is 2.14. The molecule has 0 fully saturated rings. The molecule has 0 aromatic heterocycles. The second-order valence-corrected chi connectivity index (χ2v) is 2.80. The van der Waals surface area contributed by atoms with Gasteiger partial charge in [-0.1, -0.05) is 11.6 Å². The first-order chi connectivity index (χ1) is 6.06. The molecule has 0 saturated heterocycles. The summed E-state index contributed by atoms with van der Waals surface area (Å²) < 4.78 is 4.41. The molecule has 0 aliphatic heterocycles. The van der Waals surface area contributed by atoms with Crippen molar-refractivity contribution in [1.29, 1.82) is 0 Å². The number of benzene rings is 1. The maximum Gasteiger partial charge on any atom is 0.341 e. The van der Waals surface area contributed by atoms with E-state index in [9.17, 15) is 9.90 Å². The average molecular weight is 202 g/mol. The van der Waals surface area contributed by atoms with Crippen LogP contribution in [0.5, 0.6) is 5.75 Å². The Morgan fingerprint density at radius 2 is 2.23 bits per heavy atom. The normalized spacial score (nSPS) is 9.69. The lowest BCUT2D eigenvalue weighted by Gasteiger charge is -2.05. The Morgan fingerprint density at radius 3 is 2.77 bits per heavy atom. The number of ether oxygens (including phenoxy) is 1. The monoisotopic (exact) mass is 201 g/mol. The zero-order valence-electron chi connectivity index (χ0n) is 6.87. The first-order valence-electron chi connectivity index (χ1n) is 3.42. The van der Waals surface area contributed by atoms with E-state index in [2.05, 4.69) is 4.74 Å². The molecule has 13 heavy (non-hydrogen) atoms. The summed E-state index contributed by atoms with van der Waals surface area (Å²) in [5.41, 5.74) is 5.68. The molecule has 0 aliphatic carbocycles. The van der Waals surface area contributed by atoms with Gasteiger partial charge in [0.1, 0.15) is 11.3 Å². The van der Waals surface area contributed by atoms with Gasteiger partial charge in [-0.25, -0.2) is 4.79 Å². The van der Waals surface area contributed by atoms with E-state index in [0.717, 1.165) is 0 Å². The number of carbonyl (C=O) groups is 1. The standard InChI is InChI=1S/C8H8ClNO3/c1-13-8(12)5-2-4(10)3-6(9)7(5)11/h2-3,11H,10H2,1H3. The highest BCUT2D eigenvalue weighted by molar-refractivity contribution is 6.32. The molecule has 1 rings (SSSR count). The van der Waals surface area contributed by atoms with Crippen molar-refractivity contribution >= 4 is 23.3 Å². The molecular weight excluding hydrogens is 194 g/mol. The van der Waals surface area contributed by atoms with Gasteiger partial charge in [-0.05, 0) is 12.1 Å². The fraction of sp³-hybridized carbons (Fsp3) is 0.125. The zero-order chi connectivity index (χ0) is 10.0. The van der Waals surface area contributed by atoms with Gasteiger partial charge in [0.15, 0.2) is 0 Å². The van der Waals surface area contributed by atoms with Gasteiger partial charge < -0.3 is 15.6 Å². The minimum Gasteiger partial charge on any atom is -0.505 e. The molecule has 0 saturated carbocycles. The van der Waals surface area contributed by atoms with Gasteiger partial charge >= 0.3 is 5.97 Å². The van der Waals surface area contributed by atoms with Crippen LogP contribution in [-0.2, 0) is 4.74 Å². The van der Waals surface area contributed by atoms with E-state index in [-0.39, 0.29) is 16.3 Å². The summed E-state index contributed by atoms with van der Waals surface area (Å²) in [5.74, 6) is -0.991. The minimum absolute atomic E-state index is 0.0281. The molecule has 0 unspecified atom stereocenters. The van der Waals surface area contributed by atoms with E-state index < -0.39 is 5.97 Å². The molecule has 3 N–H and O–H groups in total. The van der Waals surface area contributed by atoms with Crippen molar-refractivity contribution in [2.24, 2.45) is 0 Å². The van der Waals surface area contributed by atoms with Gasteiger partial charge in [-0.3, -0.25) is 0 Å². The smallest absolute Gasteiger partial charge is 0.341 e. The van der Waals surface area contributed by atoms with Crippen LogP contribution in [0.15, 0.2) is 12.1 Å². The molecule has 0 spiro atoms. The summed E-state index contributed by atoms with van der Waals surface area (Å²) in [5, 5.41) is 9.36. The SMILES string of the molecule is COC(=O)c1cc(N)cc(Cl)c1O. The van der Waals surface area contributed by atoms with Gasteiger partial charge in [0.05, 0.1) is 12.1 Å². The number of esters is 1. The molecule has 0 radical (unpaired) electrons. The molecule has 0 heterocycles. The van der Waals surface area contributed by atoms with Gasteiger partial charge in [0.2, 0.25) is 0 Å². The lowest BCUT2D eigenvalue weighted by atomic mass is 10.2. The van der Waals surface area contributed by atoms with Crippen LogP contribution in [0.2, 0.25) is 5.02 Å². The lowest BCUT2D eigenvalue weighted by Crippen LogP contribution is -2.02. The summed E-state index contributed by atoms with van der Waals surface area (Å²) in [7, 11) is 1.21. The number of hydrogen-bond acceptors (Lipinski definition) is 4. The van der Waals surface area contributed by atoms with Gasteiger partial charge in [0.25, 0.3) is 0 Å². The van der Waals surface area contributed by atoms with Crippen molar-refractivity contribution in [3.63, 3.8) is 0 Å². The minimum atomic E-state index is -0.674. The summed E-state index contributed by atoms with van der Waals surface area (Å²) in [6.45, 7) is 0. The number of nitrogen functional groups attached to an aromatic ring is 1. The summed E-state index contributed by atoms with van der Waals surface area (Å²) in [6, 6.07) is 2.65. The molecule has 1 aromatic carbocycles. The van der Waals surface area contributed by atoms with Crippen molar-refractivity contribution < 1.29 is 14.6 Å². The summed E-state index contributed by atoms with van der Waals surface area (Å²) in [6.07, 6.45) is 0. The van der Waals surface area contributed by atoms with Crippen LogP contribution in [0.1, 0.15) is 10.4 Å². The fourth-order valence-electron chi connectivity index (χ4n) is 0.886. The van der Waals surface area contributed by atoms with Crippen LogP contribution < -0.4 is 5.73 Å². The Bertz CT molecular complexity index is 351. The third-order valence-electron chi connectivity index (χ3n) is 1.49. The first-order valence-corrected chi connectivity index (χ1v) is 3.80. The van der Waals surface area contributed by atoms with Crippen LogP contribution in [0.4, 0.5) is 5.69 Å². The predicted octanol–water partition coefficient (Wildman–Crippen LogP) is 1.41. The maximum absolute atomic E-state index is 11.0. The van der Waals surface area contributed by atoms with Crippen LogP contribution >= 0.6 is 11.6 Å². The topological polar surface area (TPSA) is 72.5 Å². The van der Waals surface area contributed by atoms with E-state index in [0.29, 0.717) is 5.69 Å². The average Bonchev–Trinajstić information content (AvgIpc) is 2.10. The molecule has 0 aliphatic rings. The van der Waals surface area contributed by atoms with Gasteiger partial charge in [0, 0.05) is 5.69 Å². The van der Waals surface area contributed by atoms with Crippen LogP contribution in [0.25, 0.3) is 0 Å². The number of carbonyl (C=O) groups excluding carboxylic acids is 1. The van der Waals surface area contributed by atoms with E-state index in [1.165, 1.54) is 19.2 Å². The van der Waals surface area contributed by atoms with Gasteiger partial charge in [-0.15, -0.1) is 0 Å². The Hall–Kier alpha value is -1.42. The Kier molecular flexibility index (Phi) is 2.63. The largest absolute Gasteiger partial charge is 0.505 e. The molecule has 1 aromatic rings. The highest BCUT2D eigenvalue weighted by atomic mass is 35.5.